The van der Waals surface area contributed by atoms with Gasteiger partial charge in [0.1, 0.15) is 6.54 Å². The molecule has 32 heavy (non-hydrogen) atoms. The van der Waals surface area contributed by atoms with Crippen molar-refractivity contribution in [1.82, 2.24) is 5.16 Å². The highest BCUT2D eigenvalue weighted by atomic mass is 32.2. The summed E-state index contributed by atoms with van der Waals surface area (Å²) in [5.74, 6) is -0.359. The monoisotopic (exact) mass is 456 g/mol. The van der Waals surface area contributed by atoms with Gasteiger partial charge in [-0.3, -0.25) is 4.79 Å². The molecule has 1 aliphatic rings. The number of rotatable bonds is 6. The van der Waals surface area contributed by atoms with Crippen LogP contribution in [0.1, 0.15) is 11.3 Å². The molecule has 0 aliphatic carbocycles. The van der Waals surface area contributed by atoms with Gasteiger partial charge in [0, 0.05) is 11.3 Å². The van der Waals surface area contributed by atoms with Gasteiger partial charge < -0.3 is 19.5 Å². The highest BCUT2D eigenvalue weighted by Crippen LogP contribution is 2.31. The molecular formula is C21H20N4O6S. The van der Waals surface area contributed by atoms with Gasteiger partial charge in [0.15, 0.2) is 5.75 Å². The number of esters is 1. The normalized spacial score (nSPS) is 13.3. The molecule has 1 aliphatic heterocycles. The van der Waals surface area contributed by atoms with Crippen LogP contribution in [-0.4, -0.2) is 38.5 Å². The fourth-order valence-corrected chi connectivity index (χ4v) is 4.17. The molecule has 10 nitrogen and oxygen atoms in total. The summed E-state index contributed by atoms with van der Waals surface area (Å²) < 4.78 is 37.7. The fraction of sp³-hybridized carbons (Fsp3) is 0.190. The number of carbonyl (C=O) groups is 2. The van der Waals surface area contributed by atoms with E-state index in [2.05, 4.69) is 15.2 Å². The van der Waals surface area contributed by atoms with Gasteiger partial charge in [-0.25, -0.2) is 17.9 Å². The zero-order valence-electron chi connectivity index (χ0n) is 17.3. The minimum atomic E-state index is -3.89. The van der Waals surface area contributed by atoms with Crippen LogP contribution in [0.2, 0.25) is 0 Å². The molecule has 166 valence electrons. The molecule has 0 saturated carbocycles. The second kappa shape index (κ2) is 8.35. The van der Waals surface area contributed by atoms with Gasteiger partial charge in [-0.05, 0) is 50.2 Å². The van der Waals surface area contributed by atoms with Crippen molar-refractivity contribution in [3.8, 4) is 5.75 Å². The van der Waals surface area contributed by atoms with Gasteiger partial charge in [0.05, 0.1) is 22.8 Å². The number of hydrogen-bond donors (Lipinski definition) is 2. The minimum Gasteiger partial charge on any atom is -0.423 e. The number of nitrogens with one attached hydrogen (secondary N) is 2. The number of fused-ring (bicyclic) bond motifs is 1. The van der Waals surface area contributed by atoms with E-state index in [1.807, 2.05) is 0 Å². The predicted molar refractivity (Wildman–Crippen MR) is 116 cm³/mol. The molecule has 2 N–H and O–H groups in total. The van der Waals surface area contributed by atoms with E-state index < -0.39 is 16.0 Å². The molecule has 0 atom stereocenters. The van der Waals surface area contributed by atoms with Crippen LogP contribution in [0.4, 0.5) is 17.3 Å². The minimum absolute atomic E-state index is 0.00310. The molecule has 2 heterocycles. The Morgan fingerprint density at radius 2 is 1.84 bits per heavy atom. The van der Waals surface area contributed by atoms with Crippen LogP contribution >= 0.6 is 0 Å². The summed E-state index contributed by atoms with van der Waals surface area (Å²) in [6.45, 7) is 3.29. The number of aromatic nitrogens is 1. The summed E-state index contributed by atoms with van der Waals surface area (Å²) in [7, 11) is -3.89. The number of sulfonamides is 1. The zero-order valence-corrected chi connectivity index (χ0v) is 18.1. The van der Waals surface area contributed by atoms with Crippen molar-refractivity contribution in [3.05, 3.63) is 59.8 Å². The van der Waals surface area contributed by atoms with Crippen LogP contribution in [0.5, 0.6) is 5.75 Å². The summed E-state index contributed by atoms with van der Waals surface area (Å²) >= 11 is 0. The first-order valence-corrected chi connectivity index (χ1v) is 11.1. The third-order valence-corrected chi connectivity index (χ3v) is 6.26. The smallest absolute Gasteiger partial charge is 0.331 e. The van der Waals surface area contributed by atoms with Gasteiger partial charge >= 0.3 is 5.97 Å². The second-order valence-corrected chi connectivity index (χ2v) is 8.88. The average molecular weight is 456 g/mol. The molecule has 1 aromatic heterocycles. The first kappa shape index (κ1) is 21.4. The van der Waals surface area contributed by atoms with E-state index in [1.165, 1.54) is 24.3 Å². The number of para-hydroxylation sites is 2. The molecule has 0 bridgehead atoms. The van der Waals surface area contributed by atoms with Crippen LogP contribution in [0.3, 0.4) is 0 Å². The van der Waals surface area contributed by atoms with Gasteiger partial charge in [-0.2, -0.15) is 0 Å². The summed E-state index contributed by atoms with van der Waals surface area (Å²) in [5, 5.41) is 6.42. The lowest BCUT2D eigenvalue weighted by atomic mass is 10.2. The van der Waals surface area contributed by atoms with Crippen LogP contribution in [0.15, 0.2) is 57.9 Å². The Balaban J connectivity index is 1.42. The summed E-state index contributed by atoms with van der Waals surface area (Å²) in [6, 6.07) is 12.6. The summed E-state index contributed by atoms with van der Waals surface area (Å²) in [5.41, 5.74) is 2.24. The van der Waals surface area contributed by atoms with Gasteiger partial charge in [0.2, 0.25) is 11.8 Å². The molecule has 2 aromatic carbocycles. The third-order valence-electron chi connectivity index (χ3n) is 4.92. The molecular weight excluding hydrogens is 436 g/mol. The van der Waals surface area contributed by atoms with E-state index in [9.17, 15) is 18.0 Å². The Hall–Kier alpha value is -3.86. The zero-order chi connectivity index (χ0) is 22.9. The molecule has 0 unspecified atom stereocenters. The first-order valence-electron chi connectivity index (χ1n) is 9.63. The Morgan fingerprint density at radius 3 is 2.53 bits per heavy atom. The summed E-state index contributed by atoms with van der Waals surface area (Å²) in [6.07, 6.45) is 0. The molecule has 0 radical (unpaired) electrons. The number of ether oxygens (including phenoxy) is 1. The standard InChI is InChI=1S/C21H20N4O6S/c1-13-14(2)23-31-21(13)24-32(28,29)16-9-7-15(8-10-16)22-19(26)11-25-12-20(27)30-18-6-4-3-5-17(18)25/h3-10,24H,11-12H2,1-2H3,(H,22,26). The van der Waals surface area contributed by atoms with E-state index in [4.69, 9.17) is 9.26 Å². The van der Waals surface area contributed by atoms with E-state index in [-0.39, 0.29) is 29.8 Å². The van der Waals surface area contributed by atoms with Crippen molar-refractivity contribution >= 4 is 39.2 Å². The first-order chi connectivity index (χ1) is 15.2. The lowest BCUT2D eigenvalue weighted by Crippen LogP contribution is -2.41. The highest BCUT2D eigenvalue weighted by Gasteiger charge is 2.25. The molecule has 4 rings (SSSR count). The Morgan fingerprint density at radius 1 is 1.12 bits per heavy atom. The lowest BCUT2D eigenvalue weighted by Gasteiger charge is -2.29. The summed E-state index contributed by atoms with van der Waals surface area (Å²) in [4.78, 5) is 25.9. The quantitative estimate of drug-likeness (QED) is 0.427. The molecule has 0 fully saturated rings. The van der Waals surface area contributed by atoms with Crippen molar-refractivity contribution in [2.75, 3.05) is 28.0 Å². The van der Waals surface area contributed by atoms with Crippen molar-refractivity contribution in [2.24, 2.45) is 0 Å². The van der Waals surface area contributed by atoms with E-state index in [0.29, 0.717) is 28.4 Å². The average Bonchev–Trinajstić information content (AvgIpc) is 3.05. The fourth-order valence-electron chi connectivity index (χ4n) is 3.12. The maximum atomic E-state index is 12.6. The van der Waals surface area contributed by atoms with E-state index in [0.717, 1.165) is 0 Å². The van der Waals surface area contributed by atoms with Crippen molar-refractivity contribution in [1.29, 1.82) is 0 Å². The van der Waals surface area contributed by atoms with Crippen molar-refractivity contribution in [3.63, 3.8) is 0 Å². The SMILES string of the molecule is Cc1noc(NS(=O)(=O)c2ccc(NC(=O)CN3CC(=O)Oc4ccccc43)cc2)c1C. The van der Waals surface area contributed by atoms with Crippen LogP contribution in [0.25, 0.3) is 0 Å². The Labute approximate surface area is 184 Å². The molecule has 1 amide bonds. The molecule has 3 aromatic rings. The number of aryl methyl sites for hydroxylation is 1. The number of hydrogen-bond acceptors (Lipinski definition) is 8. The molecule has 0 saturated heterocycles. The highest BCUT2D eigenvalue weighted by molar-refractivity contribution is 7.92. The molecule has 11 heteroatoms. The van der Waals surface area contributed by atoms with E-state index >= 15 is 0 Å². The van der Waals surface area contributed by atoms with Gasteiger partial charge in [0.25, 0.3) is 10.0 Å². The third kappa shape index (κ3) is 4.42. The molecule has 0 spiro atoms. The number of carbonyl (C=O) groups excluding carboxylic acids is 2. The largest absolute Gasteiger partial charge is 0.423 e. The van der Waals surface area contributed by atoms with Crippen LogP contribution < -0.4 is 19.7 Å². The number of nitrogens with zero attached hydrogens (tertiary/aromatic N) is 2. The Kier molecular flexibility index (Phi) is 5.57. The van der Waals surface area contributed by atoms with Crippen molar-refractivity contribution in [2.45, 2.75) is 18.7 Å². The van der Waals surface area contributed by atoms with Crippen LogP contribution in [0, 0.1) is 13.8 Å². The van der Waals surface area contributed by atoms with E-state index in [1.54, 1.807) is 43.0 Å². The van der Waals surface area contributed by atoms with Gasteiger partial charge in [-0.15, -0.1) is 0 Å². The Bertz CT molecular complexity index is 1280. The van der Waals surface area contributed by atoms with Crippen molar-refractivity contribution < 1.29 is 27.3 Å². The van der Waals surface area contributed by atoms with Gasteiger partial charge in [-0.1, -0.05) is 17.3 Å². The lowest BCUT2D eigenvalue weighted by molar-refractivity contribution is -0.133. The van der Waals surface area contributed by atoms with Crippen LogP contribution in [-0.2, 0) is 19.6 Å². The second-order valence-electron chi connectivity index (χ2n) is 7.20. The topological polar surface area (TPSA) is 131 Å². The predicted octanol–water partition coefficient (Wildman–Crippen LogP) is 2.46. The number of benzene rings is 2. The maximum Gasteiger partial charge on any atom is 0.331 e. The maximum absolute atomic E-state index is 12.6. The number of amides is 1. The number of anilines is 3.